The number of hydrogen-bond acceptors (Lipinski definition) is 4. The van der Waals surface area contributed by atoms with Gasteiger partial charge in [0.1, 0.15) is 5.82 Å². The predicted octanol–water partition coefficient (Wildman–Crippen LogP) is 2.31. The van der Waals surface area contributed by atoms with Crippen LogP contribution in [0.15, 0.2) is 30.6 Å². The van der Waals surface area contributed by atoms with Crippen LogP contribution in [-0.2, 0) is 13.0 Å². The smallest absolute Gasteiger partial charge is 0.161 e. The number of nitrogens with zero attached hydrogens (tertiary/aromatic N) is 2. The van der Waals surface area contributed by atoms with Gasteiger partial charge in [-0.15, -0.1) is 0 Å². The molecule has 1 aromatic carbocycles. The Kier molecular flexibility index (Phi) is 4.10. The number of aryl methyl sites for hydroxylation is 1. The van der Waals surface area contributed by atoms with Gasteiger partial charge in [0.05, 0.1) is 13.2 Å². The van der Waals surface area contributed by atoms with Crippen LogP contribution in [0.25, 0.3) is 0 Å². The summed E-state index contributed by atoms with van der Waals surface area (Å²) in [5, 5.41) is 0. The van der Waals surface area contributed by atoms with Crippen molar-refractivity contribution in [1.29, 1.82) is 0 Å². The summed E-state index contributed by atoms with van der Waals surface area (Å²) in [6, 6.07) is 5.86. The highest BCUT2D eigenvalue weighted by atomic mass is 16.5. The van der Waals surface area contributed by atoms with E-state index < -0.39 is 0 Å². The van der Waals surface area contributed by atoms with Crippen molar-refractivity contribution in [2.45, 2.75) is 32.4 Å². The van der Waals surface area contributed by atoms with Crippen LogP contribution in [0.3, 0.4) is 0 Å². The lowest BCUT2D eigenvalue weighted by Crippen LogP contribution is -2.18. The molecule has 0 radical (unpaired) electrons. The van der Waals surface area contributed by atoms with Crippen molar-refractivity contribution in [3.63, 3.8) is 0 Å². The van der Waals surface area contributed by atoms with Gasteiger partial charge in [-0.25, -0.2) is 4.98 Å². The number of rotatable bonds is 4. The van der Waals surface area contributed by atoms with Gasteiger partial charge in [0.25, 0.3) is 0 Å². The lowest BCUT2D eigenvalue weighted by atomic mass is 10.1. The monoisotopic (exact) mass is 287 g/mol. The normalized spacial score (nSPS) is 15.5. The molecule has 1 unspecified atom stereocenters. The molecule has 5 heteroatoms. The predicted molar refractivity (Wildman–Crippen MR) is 80.6 cm³/mol. The van der Waals surface area contributed by atoms with Crippen LogP contribution in [0.4, 0.5) is 0 Å². The summed E-state index contributed by atoms with van der Waals surface area (Å²) in [5.74, 6) is 2.65. The quantitative estimate of drug-likeness (QED) is 0.937. The maximum atomic E-state index is 6.34. The third-order valence-electron chi connectivity index (χ3n) is 3.71. The molecule has 2 aromatic rings. The summed E-state index contributed by atoms with van der Waals surface area (Å²) < 4.78 is 13.5. The first-order valence-electron chi connectivity index (χ1n) is 7.43. The fourth-order valence-corrected chi connectivity index (χ4v) is 2.55. The Morgan fingerprint density at radius 1 is 1.29 bits per heavy atom. The average Bonchev–Trinajstić information content (AvgIpc) is 2.81. The molecule has 0 amide bonds. The molecule has 5 nitrogen and oxygen atoms in total. The molecule has 0 spiro atoms. The highest BCUT2D eigenvalue weighted by Crippen LogP contribution is 2.32. The molecule has 21 heavy (non-hydrogen) atoms. The van der Waals surface area contributed by atoms with Gasteiger partial charge in [0, 0.05) is 37.8 Å². The van der Waals surface area contributed by atoms with E-state index in [9.17, 15) is 0 Å². The van der Waals surface area contributed by atoms with Crippen molar-refractivity contribution in [3.8, 4) is 11.5 Å². The van der Waals surface area contributed by atoms with E-state index in [1.807, 2.05) is 30.6 Å². The van der Waals surface area contributed by atoms with Gasteiger partial charge in [0.15, 0.2) is 11.5 Å². The molecular weight excluding hydrogens is 266 g/mol. The van der Waals surface area contributed by atoms with E-state index in [4.69, 9.17) is 15.2 Å². The molecule has 1 aliphatic rings. The van der Waals surface area contributed by atoms with Crippen molar-refractivity contribution in [2.75, 3.05) is 13.2 Å². The molecule has 1 aliphatic heterocycles. The molecule has 3 rings (SSSR count). The van der Waals surface area contributed by atoms with Crippen molar-refractivity contribution < 1.29 is 9.47 Å². The zero-order valence-electron chi connectivity index (χ0n) is 12.3. The van der Waals surface area contributed by atoms with E-state index in [1.54, 1.807) is 0 Å². The van der Waals surface area contributed by atoms with Crippen LogP contribution < -0.4 is 15.2 Å². The standard InChI is InChI=1S/C16H21N3O2/c1-2-16-18-6-7-19(16)11-13(17)12-4-5-14-15(10-12)21-9-3-8-20-14/h4-7,10,13H,2-3,8-9,11,17H2,1H3. The van der Waals surface area contributed by atoms with Gasteiger partial charge in [-0.2, -0.15) is 0 Å². The Bertz CT molecular complexity index is 609. The Labute approximate surface area is 124 Å². The minimum Gasteiger partial charge on any atom is -0.490 e. The number of aromatic nitrogens is 2. The number of fused-ring (bicyclic) bond motifs is 1. The van der Waals surface area contributed by atoms with E-state index in [0.29, 0.717) is 19.8 Å². The molecule has 0 aliphatic carbocycles. The second-order valence-corrected chi connectivity index (χ2v) is 5.21. The van der Waals surface area contributed by atoms with E-state index in [0.717, 1.165) is 35.7 Å². The van der Waals surface area contributed by atoms with Crippen LogP contribution in [0.2, 0.25) is 0 Å². The third kappa shape index (κ3) is 3.03. The second kappa shape index (κ2) is 6.18. The fourth-order valence-electron chi connectivity index (χ4n) is 2.55. The highest BCUT2D eigenvalue weighted by Gasteiger charge is 2.15. The summed E-state index contributed by atoms with van der Waals surface area (Å²) in [6.45, 7) is 4.20. The molecule has 0 bridgehead atoms. The molecule has 1 atom stereocenters. The zero-order chi connectivity index (χ0) is 14.7. The first-order chi connectivity index (χ1) is 10.3. The third-order valence-corrected chi connectivity index (χ3v) is 3.71. The first-order valence-corrected chi connectivity index (χ1v) is 7.43. The minimum atomic E-state index is -0.0957. The van der Waals surface area contributed by atoms with Gasteiger partial charge in [-0.05, 0) is 17.7 Å². The van der Waals surface area contributed by atoms with E-state index in [1.165, 1.54) is 0 Å². The van der Waals surface area contributed by atoms with E-state index in [2.05, 4.69) is 16.5 Å². The van der Waals surface area contributed by atoms with Gasteiger partial charge < -0.3 is 19.8 Å². The fraction of sp³-hybridized carbons (Fsp3) is 0.438. The Morgan fingerprint density at radius 3 is 2.90 bits per heavy atom. The van der Waals surface area contributed by atoms with Crippen molar-refractivity contribution >= 4 is 0 Å². The van der Waals surface area contributed by atoms with Gasteiger partial charge >= 0.3 is 0 Å². The topological polar surface area (TPSA) is 62.3 Å². The highest BCUT2D eigenvalue weighted by molar-refractivity contribution is 5.44. The van der Waals surface area contributed by atoms with Crippen molar-refractivity contribution in [1.82, 2.24) is 9.55 Å². The van der Waals surface area contributed by atoms with Crippen molar-refractivity contribution in [3.05, 3.63) is 42.0 Å². The molecule has 1 aromatic heterocycles. The van der Waals surface area contributed by atoms with Gasteiger partial charge in [0.2, 0.25) is 0 Å². The molecule has 0 saturated carbocycles. The Hall–Kier alpha value is -2.01. The summed E-state index contributed by atoms with van der Waals surface area (Å²) in [4.78, 5) is 4.33. The number of imidazole rings is 1. The maximum absolute atomic E-state index is 6.34. The number of ether oxygens (including phenoxy) is 2. The largest absolute Gasteiger partial charge is 0.490 e. The summed E-state index contributed by atoms with van der Waals surface area (Å²) in [6.07, 6.45) is 5.60. The number of nitrogens with two attached hydrogens (primary N) is 1. The van der Waals surface area contributed by atoms with Gasteiger partial charge in [-0.1, -0.05) is 13.0 Å². The summed E-state index contributed by atoms with van der Waals surface area (Å²) in [7, 11) is 0. The number of benzene rings is 1. The Morgan fingerprint density at radius 2 is 2.10 bits per heavy atom. The maximum Gasteiger partial charge on any atom is 0.161 e. The summed E-state index contributed by atoms with van der Waals surface area (Å²) >= 11 is 0. The zero-order valence-corrected chi connectivity index (χ0v) is 12.3. The van der Waals surface area contributed by atoms with Crippen LogP contribution in [-0.4, -0.2) is 22.8 Å². The van der Waals surface area contributed by atoms with Crippen LogP contribution in [0.1, 0.15) is 30.8 Å². The Balaban J connectivity index is 1.78. The first kappa shape index (κ1) is 13.9. The molecule has 0 saturated heterocycles. The van der Waals surface area contributed by atoms with Crippen LogP contribution >= 0.6 is 0 Å². The number of hydrogen-bond donors (Lipinski definition) is 1. The molecule has 0 fully saturated rings. The van der Waals surface area contributed by atoms with Crippen LogP contribution in [0.5, 0.6) is 11.5 Å². The van der Waals surface area contributed by atoms with Gasteiger partial charge in [-0.3, -0.25) is 0 Å². The lowest BCUT2D eigenvalue weighted by Gasteiger charge is -2.16. The second-order valence-electron chi connectivity index (χ2n) is 5.21. The molecule has 2 heterocycles. The lowest BCUT2D eigenvalue weighted by molar-refractivity contribution is 0.297. The molecular formula is C16H21N3O2. The summed E-state index contributed by atoms with van der Waals surface area (Å²) in [5.41, 5.74) is 7.39. The minimum absolute atomic E-state index is 0.0957. The molecule has 2 N–H and O–H groups in total. The van der Waals surface area contributed by atoms with E-state index in [-0.39, 0.29) is 6.04 Å². The SMILES string of the molecule is CCc1nccn1CC(N)c1ccc2c(c1)OCCCO2. The van der Waals surface area contributed by atoms with Crippen molar-refractivity contribution in [2.24, 2.45) is 5.73 Å². The average molecular weight is 287 g/mol. The van der Waals surface area contributed by atoms with Crippen LogP contribution in [0, 0.1) is 0 Å². The van der Waals surface area contributed by atoms with E-state index >= 15 is 0 Å². The molecule has 112 valence electrons.